The molecule has 178 valence electrons. The lowest BCUT2D eigenvalue weighted by Gasteiger charge is -2.33. The summed E-state index contributed by atoms with van der Waals surface area (Å²) in [5.74, 6) is -2.30. The molecule has 0 radical (unpaired) electrons. The highest BCUT2D eigenvalue weighted by Gasteiger charge is 2.27. The van der Waals surface area contributed by atoms with Crippen LogP contribution in [0.15, 0.2) is 54.6 Å². The first kappa shape index (κ1) is 25.9. The minimum Gasteiger partial charge on any atom is -0.494 e. The van der Waals surface area contributed by atoms with Crippen LogP contribution in [-0.4, -0.2) is 64.6 Å². The maximum Gasteiger partial charge on any atom is 0.414 e. The molecular formula is C25H32N2O6. The Morgan fingerprint density at radius 3 is 2.03 bits per heavy atom. The Kier molecular flexibility index (Phi) is 10.4. The molecule has 0 saturated carbocycles. The van der Waals surface area contributed by atoms with E-state index in [0.29, 0.717) is 13.2 Å². The minimum absolute atomic E-state index is 0.148. The predicted octanol–water partition coefficient (Wildman–Crippen LogP) is 3.11. The molecule has 8 heteroatoms. The van der Waals surface area contributed by atoms with Gasteiger partial charge in [0.15, 0.2) is 0 Å². The number of benzene rings is 2. The van der Waals surface area contributed by atoms with Crippen LogP contribution in [0.3, 0.4) is 0 Å². The summed E-state index contributed by atoms with van der Waals surface area (Å²) in [7, 11) is 1.92. The number of carbonyl (C=O) groups is 3. The van der Waals surface area contributed by atoms with Gasteiger partial charge in [-0.1, -0.05) is 42.5 Å². The van der Waals surface area contributed by atoms with E-state index in [-0.39, 0.29) is 11.8 Å². The molecule has 0 atom stereocenters. The molecule has 1 fully saturated rings. The Balaban J connectivity index is 0.000000569. The lowest BCUT2D eigenvalue weighted by molar-refractivity contribution is -0.159. The summed E-state index contributed by atoms with van der Waals surface area (Å²) in [6, 6.07) is 18.5. The Bertz CT molecular complexity index is 881. The zero-order chi connectivity index (χ0) is 24.2. The molecule has 0 aromatic heterocycles. The van der Waals surface area contributed by atoms with Gasteiger partial charge in [-0.15, -0.1) is 0 Å². The Morgan fingerprint density at radius 2 is 1.52 bits per heavy atom. The number of rotatable bonds is 7. The molecule has 3 rings (SSSR count). The van der Waals surface area contributed by atoms with Crippen LogP contribution in [0, 0.1) is 5.92 Å². The van der Waals surface area contributed by atoms with E-state index in [0.717, 1.165) is 38.2 Å². The van der Waals surface area contributed by atoms with E-state index in [1.165, 1.54) is 11.1 Å². The smallest absolute Gasteiger partial charge is 0.414 e. The SMILES string of the molecule is CCOc1ccc(CN2CCC(C(=O)N(C)Cc3ccccc3)CC2)cc1.O=C(O)C(=O)O. The van der Waals surface area contributed by atoms with Crippen LogP contribution in [0.2, 0.25) is 0 Å². The molecule has 2 aromatic rings. The van der Waals surface area contributed by atoms with Gasteiger partial charge in [0.05, 0.1) is 6.61 Å². The number of ether oxygens (including phenoxy) is 1. The number of nitrogens with zero attached hydrogens (tertiary/aromatic N) is 2. The van der Waals surface area contributed by atoms with Gasteiger partial charge in [0, 0.05) is 26.1 Å². The Hall–Kier alpha value is -3.39. The average molecular weight is 457 g/mol. The van der Waals surface area contributed by atoms with E-state index < -0.39 is 11.9 Å². The summed E-state index contributed by atoms with van der Waals surface area (Å²) >= 11 is 0. The maximum absolute atomic E-state index is 12.8. The van der Waals surface area contributed by atoms with E-state index in [1.807, 2.05) is 49.2 Å². The van der Waals surface area contributed by atoms with Crippen LogP contribution in [0.5, 0.6) is 5.75 Å². The fourth-order valence-electron chi connectivity index (χ4n) is 3.70. The van der Waals surface area contributed by atoms with Gasteiger partial charge < -0.3 is 19.8 Å². The van der Waals surface area contributed by atoms with Gasteiger partial charge >= 0.3 is 11.9 Å². The third-order valence-corrected chi connectivity index (χ3v) is 5.40. The number of amides is 1. The monoisotopic (exact) mass is 456 g/mol. The summed E-state index contributed by atoms with van der Waals surface area (Å²) in [4.78, 5) is 35.3. The van der Waals surface area contributed by atoms with E-state index in [2.05, 4.69) is 29.2 Å². The first-order chi connectivity index (χ1) is 15.8. The van der Waals surface area contributed by atoms with Crippen LogP contribution in [-0.2, 0) is 27.5 Å². The summed E-state index contributed by atoms with van der Waals surface area (Å²) in [5.41, 5.74) is 2.48. The van der Waals surface area contributed by atoms with Crippen molar-refractivity contribution >= 4 is 17.8 Å². The van der Waals surface area contributed by atoms with Gasteiger partial charge in [-0.25, -0.2) is 9.59 Å². The third-order valence-electron chi connectivity index (χ3n) is 5.40. The summed E-state index contributed by atoms with van der Waals surface area (Å²) < 4.78 is 5.50. The van der Waals surface area contributed by atoms with E-state index in [1.54, 1.807) is 0 Å². The number of aliphatic carboxylic acids is 2. The van der Waals surface area contributed by atoms with Crippen molar-refractivity contribution in [3.05, 3.63) is 65.7 Å². The number of piperidine rings is 1. The van der Waals surface area contributed by atoms with Crippen molar-refractivity contribution in [2.75, 3.05) is 26.7 Å². The van der Waals surface area contributed by atoms with E-state index >= 15 is 0 Å². The van der Waals surface area contributed by atoms with Crippen LogP contribution < -0.4 is 4.74 Å². The second-order valence-corrected chi connectivity index (χ2v) is 7.92. The number of hydrogen-bond donors (Lipinski definition) is 2. The Morgan fingerprint density at radius 1 is 0.939 bits per heavy atom. The molecule has 1 saturated heterocycles. The maximum atomic E-state index is 12.8. The molecule has 1 heterocycles. The predicted molar refractivity (Wildman–Crippen MR) is 124 cm³/mol. The first-order valence-electron chi connectivity index (χ1n) is 11.0. The molecule has 1 amide bonds. The van der Waals surface area contributed by atoms with Crippen LogP contribution in [0.25, 0.3) is 0 Å². The summed E-state index contributed by atoms with van der Waals surface area (Å²) in [6.45, 7) is 6.26. The second kappa shape index (κ2) is 13.2. The number of likely N-dealkylation sites (tertiary alicyclic amines) is 1. The van der Waals surface area contributed by atoms with Crippen molar-refractivity contribution < 1.29 is 29.3 Å². The molecule has 0 spiro atoms. The quantitative estimate of drug-likeness (QED) is 0.617. The molecule has 8 nitrogen and oxygen atoms in total. The number of carboxylic acid groups (broad SMARTS) is 2. The van der Waals surface area contributed by atoms with Gasteiger partial charge in [0.2, 0.25) is 5.91 Å². The molecule has 2 N–H and O–H groups in total. The van der Waals surface area contributed by atoms with Gasteiger partial charge in [0.25, 0.3) is 0 Å². The lowest BCUT2D eigenvalue weighted by atomic mass is 9.95. The van der Waals surface area contributed by atoms with Gasteiger partial charge in [0.1, 0.15) is 5.75 Å². The molecule has 0 unspecified atom stereocenters. The highest BCUT2D eigenvalue weighted by Crippen LogP contribution is 2.22. The molecule has 0 aliphatic carbocycles. The topological polar surface area (TPSA) is 107 Å². The zero-order valence-corrected chi connectivity index (χ0v) is 19.1. The summed E-state index contributed by atoms with van der Waals surface area (Å²) in [6.07, 6.45) is 1.88. The largest absolute Gasteiger partial charge is 0.494 e. The average Bonchev–Trinajstić information content (AvgIpc) is 2.81. The Labute approximate surface area is 194 Å². The normalized spacial score (nSPS) is 14.0. The van der Waals surface area contributed by atoms with Crippen molar-refractivity contribution in [2.45, 2.75) is 32.9 Å². The highest BCUT2D eigenvalue weighted by molar-refractivity contribution is 6.27. The molecular weight excluding hydrogens is 424 g/mol. The van der Waals surface area contributed by atoms with E-state index in [4.69, 9.17) is 24.5 Å². The second-order valence-electron chi connectivity index (χ2n) is 7.92. The van der Waals surface area contributed by atoms with Crippen LogP contribution in [0.4, 0.5) is 0 Å². The first-order valence-corrected chi connectivity index (χ1v) is 11.0. The number of carbonyl (C=O) groups excluding carboxylic acids is 1. The zero-order valence-electron chi connectivity index (χ0n) is 19.1. The standard InChI is InChI=1S/C23H30N2O2.C2H2O4/c1-3-27-22-11-9-20(10-12-22)18-25-15-13-21(14-16-25)23(26)24(2)17-19-7-5-4-6-8-19;3-1(4)2(5)6/h4-12,21H,3,13-18H2,1-2H3;(H,3,4)(H,5,6). The third kappa shape index (κ3) is 8.94. The van der Waals surface area contributed by atoms with Crippen molar-refractivity contribution in [1.82, 2.24) is 9.80 Å². The van der Waals surface area contributed by atoms with Crippen molar-refractivity contribution in [3.63, 3.8) is 0 Å². The molecule has 33 heavy (non-hydrogen) atoms. The van der Waals surface area contributed by atoms with Crippen molar-refractivity contribution in [2.24, 2.45) is 5.92 Å². The molecule has 2 aromatic carbocycles. The molecule has 1 aliphatic heterocycles. The van der Waals surface area contributed by atoms with Crippen molar-refractivity contribution in [3.8, 4) is 5.75 Å². The van der Waals surface area contributed by atoms with Gasteiger partial charge in [-0.05, 0) is 56.1 Å². The van der Waals surface area contributed by atoms with Crippen LogP contribution in [0.1, 0.15) is 30.9 Å². The fraction of sp³-hybridized carbons (Fsp3) is 0.400. The lowest BCUT2D eigenvalue weighted by Crippen LogP contribution is -2.40. The number of hydrogen-bond acceptors (Lipinski definition) is 5. The van der Waals surface area contributed by atoms with Crippen LogP contribution >= 0.6 is 0 Å². The van der Waals surface area contributed by atoms with Gasteiger partial charge in [-0.2, -0.15) is 0 Å². The van der Waals surface area contributed by atoms with Gasteiger partial charge in [-0.3, -0.25) is 9.69 Å². The van der Waals surface area contributed by atoms with Crippen molar-refractivity contribution in [1.29, 1.82) is 0 Å². The molecule has 1 aliphatic rings. The highest BCUT2D eigenvalue weighted by atomic mass is 16.5. The van der Waals surface area contributed by atoms with E-state index in [9.17, 15) is 4.79 Å². The minimum atomic E-state index is -1.82. The number of carboxylic acids is 2. The fourth-order valence-corrected chi connectivity index (χ4v) is 3.70. The summed E-state index contributed by atoms with van der Waals surface area (Å²) in [5, 5.41) is 14.8. The molecule has 0 bridgehead atoms.